The van der Waals surface area contributed by atoms with E-state index in [2.05, 4.69) is 64.1 Å². The molecule has 4 nitrogen and oxygen atoms in total. The number of benzene rings is 6. The first-order valence-electron chi connectivity index (χ1n) is 25.1. The SMILES string of the molecule is [2H]C([2H])([2H])c1cc(-c2[c-]ccc3oc4c5ccccc5ccc4c23)ncc1C([2H])([2H])C([2H])([2H])c1cc(CC(C)(C)c2ccc(-c3[c-]cccc3)nc2)cc(CC(C)(C)c2ccc(-c3[c-]cccc3)nc2)c1.[Ir+3]. The molecule has 0 aliphatic rings. The molecule has 65 heavy (non-hydrogen) atoms. The van der Waals surface area contributed by atoms with Crippen molar-refractivity contribution in [3.8, 4) is 33.8 Å². The zero-order chi connectivity index (χ0) is 49.9. The molecule has 0 aliphatic heterocycles. The maximum Gasteiger partial charge on any atom is 3.00 e. The van der Waals surface area contributed by atoms with Crippen molar-refractivity contribution in [2.45, 2.75) is 71.0 Å². The molecule has 10 rings (SSSR count). The minimum absolute atomic E-state index is 0. The van der Waals surface area contributed by atoms with Gasteiger partial charge in [-0.1, -0.05) is 130 Å². The molecule has 0 radical (unpaired) electrons. The molecule has 4 aromatic heterocycles. The molecular weight excluding hydrogens is 971 g/mol. The van der Waals surface area contributed by atoms with Gasteiger partial charge in [-0.05, 0) is 105 Å². The van der Waals surface area contributed by atoms with Crippen LogP contribution in [0.25, 0.3) is 66.5 Å². The second-order valence-electron chi connectivity index (χ2n) is 17.8. The van der Waals surface area contributed by atoms with Crippen molar-refractivity contribution < 1.29 is 34.1 Å². The van der Waals surface area contributed by atoms with Crippen LogP contribution in [0, 0.1) is 25.1 Å². The molecule has 0 aliphatic carbocycles. The van der Waals surface area contributed by atoms with E-state index in [1.54, 1.807) is 24.3 Å². The van der Waals surface area contributed by atoms with Gasteiger partial charge in [-0.2, -0.15) is 0 Å². The number of aryl methyl sites for hydroxylation is 3. The largest absolute Gasteiger partial charge is 3.00 e. The van der Waals surface area contributed by atoms with Crippen molar-refractivity contribution in [3.05, 3.63) is 221 Å². The molecule has 0 fully saturated rings. The van der Waals surface area contributed by atoms with Gasteiger partial charge in [0.2, 0.25) is 0 Å². The average Bonchev–Trinajstić information content (AvgIpc) is 3.76. The summed E-state index contributed by atoms with van der Waals surface area (Å²) in [5.41, 5.74) is 7.30. The molecule has 4 heterocycles. The summed E-state index contributed by atoms with van der Waals surface area (Å²) in [6.45, 7) is 5.61. The number of pyridine rings is 3. The number of aromatic nitrogens is 3. The monoisotopic (exact) mass is 1030 g/mol. The van der Waals surface area contributed by atoms with Gasteiger partial charge in [0.1, 0.15) is 5.58 Å². The summed E-state index contributed by atoms with van der Waals surface area (Å²) in [6, 6.07) is 55.5. The quantitative estimate of drug-likeness (QED) is 0.114. The molecule has 0 saturated carbocycles. The van der Waals surface area contributed by atoms with Crippen molar-refractivity contribution in [2.75, 3.05) is 0 Å². The van der Waals surface area contributed by atoms with E-state index >= 15 is 0 Å². The Balaban J connectivity index is 0.00000640. The Hall–Kier alpha value is -6.52. The van der Waals surface area contributed by atoms with Gasteiger partial charge < -0.3 is 19.4 Å². The fourth-order valence-electron chi connectivity index (χ4n) is 8.80. The fraction of sp³-hybridized carbons (Fsp3) is 0.183. The first-order chi connectivity index (χ1) is 33.8. The molecular formula is C60H50IrN3O. The average molecular weight is 1030 g/mol. The molecule has 320 valence electrons. The van der Waals surface area contributed by atoms with Crippen LogP contribution < -0.4 is 0 Å². The molecule has 0 bridgehead atoms. The minimum atomic E-state index is -2.89. The zero-order valence-electron chi connectivity index (χ0n) is 43.6. The Morgan fingerprint density at radius 2 is 1.18 bits per heavy atom. The van der Waals surface area contributed by atoms with Crippen molar-refractivity contribution in [1.29, 1.82) is 0 Å². The molecule has 0 atom stereocenters. The molecule has 0 spiro atoms. The van der Waals surface area contributed by atoms with E-state index in [0.717, 1.165) is 60.9 Å². The van der Waals surface area contributed by atoms with Crippen LogP contribution in [0.2, 0.25) is 0 Å². The summed E-state index contributed by atoms with van der Waals surface area (Å²) in [4.78, 5) is 14.3. The van der Waals surface area contributed by atoms with Gasteiger partial charge in [-0.15, -0.1) is 89.5 Å². The van der Waals surface area contributed by atoms with E-state index in [-0.39, 0.29) is 42.5 Å². The number of fused-ring (bicyclic) bond motifs is 5. The van der Waals surface area contributed by atoms with E-state index < -0.39 is 30.4 Å². The van der Waals surface area contributed by atoms with Gasteiger partial charge >= 0.3 is 20.1 Å². The number of rotatable bonds is 12. The van der Waals surface area contributed by atoms with E-state index in [1.165, 1.54) is 12.3 Å². The van der Waals surface area contributed by atoms with E-state index in [9.17, 15) is 5.48 Å². The number of hydrogen-bond donors (Lipinski definition) is 0. The maximum atomic E-state index is 9.80. The number of furan rings is 1. The van der Waals surface area contributed by atoms with Crippen molar-refractivity contribution >= 4 is 32.7 Å². The zero-order valence-corrected chi connectivity index (χ0v) is 39.0. The molecule has 0 unspecified atom stereocenters. The van der Waals surface area contributed by atoms with Crippen LogP contribution in [0.4, 0.5) is 0 Å². The van der Waals surface area contributed by atoms with Crippen LogP contribution in [0.1, 0.15) is 76.2 Å². The second kappa shape index (κ2) is 18.2. The second-order valence-corrected chi connectivity index (χ2v) is 17.8. The van der Waals surface area contributed by atoms with Crippen LogP contribution in [-0.2, 0) is 56.5 Å². The summed E-state index contributed by atoms with van der Waals surface area (Å²) in [6.07, 6.45) is 0.211. The van der Waals surface area contributed by atoms with E-state index in [0.29, 0.717) is 35.0 Å². The normalized spacial score (nSPS) is 14.1. The van der Waals surface area contributed by atoms with Crippen LogP contribution in [0.5, 0.6) is 0 Å². The molecule has 0 amide bonds. The van der Waals surface area contributed by atoms with Crippen LogP contribution >= 0.6 is 0 Å². The topological polar surface area (TPSA) is 51.8 Å². The predicted molar refractivity (Wildman–Crippen MR) is 262 cm³/mol. The summed E-state index contributed by atoms with van der Waals surface area (Å²) >= 11 is 0. The third-order valence-electron chi connectivity index (χ3n) is 12.2. The Kier molecular flexibility index (Phi) is 10.00. The first-order valence-corrected chi connectivity index (χ1v) is 21.6. The Morgan fingerprint density at radius 1 is 0.569 bits per heavy atom. The van der Waals surface area contributed by atoms with Gasteiger partial charge in [-0.25, -0.2) is 0 Å². The molecule has 10 aromatic rings. The van der Waals surface area contributed by atoms with Gasteiger partial charge in [-0.3, -0.25) is 0 Å². The summed E-state index contributed by atoms with van der Waals surface area (Å²) in [5, 5.41) is 3.43. The Bertz CT molecular complexity index is 3460. The van der Waals surface area contributed by atoms with Crippen LogP contribution in [0.15, 0.2) is 169 Å². The van der Waals surface area contributed by atoms with Crippen molar-refractivity contribution in [1.82, 2.24) is 15.0 Å². The van der Waals surface area contributed by atoms with Crippen LogP contribution in [-0.4, -0.2) is 15.0 Å². The summed E-state index contributed by atoms with van der Waals surface area (Å²) in [5.74, 6) is 0. The van der Waals surface area contributed by atoms with Crippen molar-refractivity contribution in [2.24, 2.45) is 0 Å². The summed E-state index contributed by atoms with van der Waals surface area (Å²) in [7, 11) is 0. The molecule has 6 aromatic carbocycles. The Morgan fingerprint density at radius 3 is 1.78 bits per heavy atom. The molecule has 0 N–H and O–H groups in total. The fourth-order valence-corrected chi connectivity index (χ4v) is 8.80. The van der Waals surface area contributed by atoms with Gasteiger partial charge in [0.15, 0.2) is 0 Å². The minimum Gasteiger partial charge on any atom is -0.476 e. The third-order valence-corrected chi connectivity index (χ3v) is 12.2. The van der Waals surface area contributed by atoms with Gasteiger partial charge in [0.25, 0.3) is 0 Å². The molecule has 5 heteroatoms. The van der Waals surface area contributed by atoms with Gasteiger partial charge in [0.05, 0.1) is 5.58 Å². The number of hydrogen-bond acceptors (Lipinski definition) is 4. The molecule has 0 saturated heterocycles. The smallest absolute Gasteiger partial charge is 0.476 e. The predicted octanol–water partition coefficient (Wildman–Crippen LogP) is 14.5. The standard InChI is InChI=1S/C60H50N3O.Ir/c1-40-31-55(51-21-14-22-56-57(51)52-28-25-44-15-12-13-20-50(44)58(52)64-56)61-37-47(40)24-23-41-32-42(35-59(2,3)48-26-29-53(62-38-48)45-16-8-6-9-17-45)34-43(33-41)36-60(4,5)49-27-30-54(63-39-49)46-18-10-7-11-19-46;/h6-16,18,20,22,25-34,37-39H,23-24,35-36H2,1-5H3;/q-3;+3/i1D3,23D2,24D2;. The van der Waals surface area contributed by atoms with E-state index in [1.807, 2.05) is 109 Å². The maximum absolute atomic E-state index is 9.80. The third kappa shape index (κ3) is 9.09. The number of nitrogens with zero attached hydrogens (tertiary/aromatic N) is 3. The summed E-state index contributed by atoms with van der Waals surface area (Å²) < 4.78 is 71.6. The van der Waals surface area contributed by atoms with Crippen LogP contribution in [0.3, 0.4) is 0 Å². The first kappa shape index (κ1) is 35.8. The van der Waals surface area contributed by atoms with Gasteiger partial charge in [0, 0.05) is 33.6 Å². The van der Waals surface area contributed by atoms with E-state index in [4.69, 9.17) is 23.5 Å². The van der Waals surface area contributed by atoms with Crippen molar-refractivity contribution in [3.63, 3.8) is 0 Å². The Labute approximate surface area is 406 Å².